The second kappa shape index (κ2) is 11.6. The molecular formula is C21H28F3N3O4S. The van der Waals surface area contributed by atoms with Crippen LogP contribution in [0.15, 0.2) is 12.1 Å². The predicted molar refractivity (Wildman–Crippen MR) is 114 cm³/mol. The molecule has 7 nitrogen and oxygen atoms in total. The van der Waals surface area contributed by atoms with E-state index in [9.17, 15) is 27.6 Å². The van der Waals surface area contributed by atoms with Gasteiger partial charge in [0.2, 0.25) is 5.91 Å². The van der Waals surface area contributed by atoms with Crippen molar-refractivity contribution in [2.75, 3.05) is 18.9 Å². The van der Waals surface area contributed by atoms with Crippen LogP contribution in [-0.2, 0) is 25.5 Å². The first-order valence-electron chi connectivity index (χ1n) is 10.3. The van der Waals surface area contributed by atoms with E-state index in [-0.39, 0.29) is 30.9 Å². The monoisotopic (exact) mass is 475 g/mol. The summed E-state index contributed by atoms with van der Waals surface area (Å²) in [6, 6.07) is -0.553. The van der Waals surface area contributed by atoms with Crippen LogP contribution in [0, 0.1) is 23.4 Å². The van der Waals surface area contributed by atoms with Crippen LogP contribution in [0.3, 0.4) is 0 Å². The zero-order valence-corrected chi connectivity index (χ0v) is 19.0. The summed E-state index contributed by atoms with van der Waals surface area (Å²) in [7, 11) is 0. The molecule has 0 spiro atoms. The summed E-state index contributed by atoms with van der Waals surface area (Å²) in [5.74, 6) is -4.62. The van der Waals surface area contributed by atoms with Gasteiger partial charge in [0.15, 0.2) is 17.0 Å². The summed E-state index contributed by atoms with van der Waals surface area (Å²) in [4.78, 5) is 39.0. The average molecular weight is 476 g/mol. The first kappa shape index (κ1) is 26.0. The summed E-state index contributed by atoms with van der Waals surface area (Å²) in [5, 5.41) is 1.81. The van der Waals surface area contributed by atoms with E-state index in [0.717, 1.165) is 6.07 Å². The Labute approximate surface area is 189 Å². The van der Waals surface area contributed by atoms with Crippen molar-refractivity contribution >= 4 is 29.5 Å². The summed E-state index contributed by atoms with van der Waals surface area (Å²) >= 11 is 1.25. The van der Waals surface area contributed by atoms with Crippen molar-refractivity contribution in [3.8, 4) is 0 Å². The Morgan fingerprint density at radius 3 is 2.50 bits per heavy atom. The number of hydrogen-bond acceptors (Lipinski definition) is 6. The highest BCUT2D eigenvalue weighted by Crippen LogP contribution is 2.26. The molecule has 3 atom stereocenters. The molecule has 3 N–H and O–H groups in total. The molecule has 0 bridgehead atoms. The highest BCUT2D eigenvalue weighted by molar-refractivity contribution is 8.00. The predicted octanol–water partition coefficient (Wildman–Crippen LogP) is 1.97. The lowest BCUT2D eigenvalue weighted by atomic mass is 10.0. The fraction of sp³-hybridized carbons (Fsp3) is 0.571. The van der Waals surface area contributed by atoms with E-state index < -0.39 is 52.7 Å². The zero-order valence-electron chi connectivity index (χ0n) is 18.2. The van der Waals surface area contributed by atoms with Gasteiger partial charge in [-0.3, -0.25) is 9.59 Å². The third-order valence-corrected chi connectivity index (χ3v) is 6.15. The Morgan fingerprint density at radius 1 is 1.22 bits per heavy atom. The first-order valence-corrected chi connectivity index (χ1v) is 11.4. The molecule has 1 heterocycles. The van der Waals surface area contributed by atoms with Gasteiger partial charge in [0, 0.05) is 30.8 Å². The van der Waals surface area contributed by atoms with Crippen LogP contribution in [0.25, 0.3) is 0 Å². The normalized spacial score (nSPS) is 17.9. The molecule has 2 unspecified atom stereocenters. The van der Waals surface area contributed by atoms with E-state index in [4.69, 9.17) is 10.5 Å². The van der Waals surface area contributed by atoms with Crippen molar-refractivity contribution in [1.82, 2.24) is 10.2 Å². The number of nitrogens with zero attached hydrogens (tertiary/aromatic N) is 1. The molecule has 1 aliphatic rings. The molecule has 1 fully saturated rings. The zero-order chi connectivity index (χ0) is 24.0. The van der Waals surface area contributed by atoms with E-state index in [2.05, 4.69) is 5.32 Å². The lowest BCUT2D eigenvalue weighted by molar-refractivity contribution is -0.149. The number of hydrogen-bond donors (Lipinski definition) is 2. The SMILES string of the molecule is CCOC(=O)C(NC(=O)C1SCCN1C(=O)C[C@H](N)Cc1cc(F)c(F)cc1F)C(C)C. The van der Waals surface area contributed by atoms with Gasteiger partial charge >= 0.3 is 5.97 Å². The number of rotatable bonds is 9. The van der Waals surface area contributed by atoms with Gasteiger partial charge in [0.1, 0.15) is 11.9 Å². The van der Waals surface area contributed by atoms with E-state index in [1.165, 1.54) is 16.7 Å². The van der Waals surface area contributed by atoms with E-state index >= 15 is 0 Å². The third kappa shape index (κ3) is 6.61. The molecule has 32 heavy (non-hydrogen) atoms. The molecule has 1 aliphatic heterocycles. The largest absolute Gasteiger partial charge is 0.464 e. The molecule has 2 amide bonds. The summed E-state index contributed by atoms with van der Waals surface area (Å²) in [5.41, 5.74) is 5.81. The molecule has 178 valence electrons. The minimum Gasteiger partial charge on any atom is -0.464 e. The van der Waals surface area contributed by atoms with Crippen molar-refractivity contribution < 1.29 is 32.3 Å². The standard InChI is InChI=1S/C21H28F3N3O4S/c1-4-31-21(30)18(11(2)3)26-19(29)20-27(5-6-32-20)17(28)9-13(25)7-12-8-15(23)16(24)10-14(12)22/h8,10-11,13,18,20H,4-7,9,25H2,1-3H3,(H,26,29)/t13-,18?,20?/m1/s1. The minimum absolute atomic E-state index is 0.136. The lowest BCUT2D eigenvalue weighted by Gasteiger charge is -2.27. The molecule has 1 aromatic rings. The van der Waals surface area contributed by atoms with E-state index in [1.54, 1.807) is 20.8 Å². The number of carbonyl (C=O) groups is 3. The number of carbonyl (C=O) groups excluding carboxylic acids is 3. The minimum atomic E-state index is -1.30. The van der Waals surface area contributed by atoms with Crippen molar-refractivity contribution in [1.29, 1.82) is 0 Å². The third-order valence-electron chi connectivity index (χ3n) is 4.95. The molecule has 1 aromatic carbocycles. The number of nitrogens with one attached hydrogen (secondary N) is 1. The highest BCUT2D eigenvalue weighted by Gasteiger charge is 2.37. The summed E-state index contributed by atoms with van der Waals surface area (Å²) < 4.78 is 45.3. The highest BCUT2D eigenvalue weighted by atomic mass is 32.2. The van der Waals surface area contributed by atoms with Gasteiger partial charge in [0.05, 0.1) is 6.61 Å². The van der Waals surface area contributed by atoms with Gasteiger partial charge in [-0.05, 0) is 30.9 Å². The van der Waals surface area contributed by atoms with Crippen LogP contribution < -0.4 is 11.1 Å². The van der Waals surface area contributed by atoms with Crippen molar-refractivity contribution in [3.63, 3.8) is 0 Å². The first-order chi connectivity index (χ1) is 15.0. The maximum Gasteiger partial charge on any atom is 0.328 e. The molecule has 11 heteroatoms. The number of ether oxygens (including phenoxy) is 1. The molecule has 1 saturated heterocycles. The van der Waals surface area contributed by atoms with Gasteiger partial charge in [-0.2, -0.15) is 0 Å². The van der Waals surface area contributed by atoms with Crippen molar-refractivity contribution in [2.24, 2.45) is 11.7 Å². The Kier molecular flexibility index (Phi) is 9.38. The Morgan fingerprint density at radius 2 is 1.88 bits per heavy atom. The van der Waals surface area contributed by atoms with E-state index in [0.29, 0.717) is 18.4 Å². The van der Waals surface area contributed by atoms with Crippen LogP contribution in [-0.4, -0.2) is 59.0 Å². The summed E-state index contributed by atoms with van der Waals surface area (Å²) in [6.45, 7) is 5.68. The van der Waals surface area contributed by atoms with Crippen molar-refractivity contribution in [3.05, 3.63) is 35.1 Å². The number of nitrogens with two attached hydrogens (primary N) is 1. The molecule has 0 radical (unpaired) electrons. The fourth-order valence-corrected chi connectivity index (χ4v) is 4.46. The Hall–Kier alpha value is -2.27. The quantitative estimate of drug-likeness (QED) is 0.418. The smallest absolute Gasteiger partial charge is 0.328 e. The number of benzene rings is 1. The van der Waals surface area contributed by atoms with Crippen LogP contribution >= 0.6 is 11.8 Å². The number of thioether (sulfide) groups is 1. The van der Waals surface area contributed by atoms with Crippen molar-refractivity contribution in [2.45, 2.75) is 51.1 Å². The second-order valence-electron chi connectivity index (χ2n) is 7.82. The Balaban J connectivity index is 2.01. The molecule has 0 aliphatic carbocycles. The lowest BCUT2D eigenvalue weighted by Crippen LogP contribution is -2.52. The fourth-order valence-electron chi connectivity index (χ4n) is 3.31. The van der Waals surface area contributed by atoms with Gasteiger partial charge < -0.3 is 20.7 Å². The number of amides is 2. The second-order valence-corrected chi connectivity index (χ2v) is 9.01. The van der Waals surface area contributed by atoms with Gasteiger partial charge in [-0.25, -0.2) is 18.0 Å². The van der Waals surface area contributed by atoms with E-state index in [1.807, 2.05) is 0 Å². The molecular weight excluding hydrogens is 447 g/mol. The van der Waals surface area contributed by atoms with Crippen LogP contribution in [0.5, 0.6) is 0 Å². The topological polar surface area (TPSA) is 102 Å². The van der Waals surface area contributed by atoms with Crippen LogP contribution in [0.2, 0.25) is 0 Å². The van der Waals surface area contributed by atoms with Crippen LogP contribution in [0.4, 0.5) is 13.2 Å². The van der Waals surface area contributed by atoms with Crippen LogP contribution in [0.1, 0.15) is 32.8 Å². The van der Waals surface area contributed by atoms with Gasteiger partial charge in [-0.15, -0.1) is 11.8 Å². The Bertz CT molecular complexity index is 856. The molecule has 0 aromatic heterocycles. The maximum atomic E-state index is 13.9. The number of esters is 1. The van der Waals surface area contributed by atoms with Gasteiger partial charge in [0.25, 0.3) is 5.91 Å². The van der Waals surface area contributed by atoms with Gasteiger partial charge in [-0.1, -0.05) is 13.8 Å². The molecule has 0 saturated carbocycles. The maximum absolute atomic E-state index is 13.9. The molecule has 2 rings (SSSR count). The average Bonchev–Trinajstić information content (AvgIpc) is 3.20. The summed E-state index contributed by atoms with van der Waals surface area (Å²) in [6.07, 6.45) is -0.390. The number of halogens is 3.